The molecule has 1 rings (SSSR count). The van der Waals surface area contributed by atoms with E-state index in [0.717, 1.165) is 6.26 Å². The SMILES string of the molecule is C[C@H](NC(=O)CCS(C)(=O)=O)C1CCCCC1. The molecule has 1 aliphatic carbocycles. The number of nitrogens with one attached hydrogen (secondary N) is 1. The molecular weight excluding hydrogens is 238 g/mol. The van der Waals surface area contributed by atoms with Gasteiger partial charge in [-0.15, -0.1) is 0 Å². The summed E-state index contributed by atoms with van der Waals surface area (Å²) in [6.45, 7) is 2.02. The van der Waals surface area contributed by atoms with Crippen LogP contribution in [0.3, 0.4) is 0 Å². The first kappa shape index (κ1) is 14.5. The lowest BCUT2D eigenvalue weighted by Gasteiger charge is -2.28. The highest BCUT2D eigenvalue weighted by Gasteiger charge is 2.21. The van der Waals surface area contributed by atoms with E-state index in [4.69, 9.17) is 0 Å². The first-order chi connectivity index (χ1) is 7.88. The van der Waals surface area contributed by atoms with E-state index in [-0.39, 0.29) is 24.1 Å². The molecule has 0 unspecified atom stereocenters. The van der Waals surface area contributed by atoms with E-state index in [1.165, 1.54) is 32.1 Å². The van der Waals surface area contributed by atoms with Crippen molar-refractivity contribution >= 4 is 15.7 Å². The monoisotopic (exact) mass is 261 g/mol. The Morgan fingerprint density at radius 3 is 2.41 bits per heavy atom. The van der Waals surface area contributed by atoms with Crippen LogP contribution < -0.4 is 5.32 Å². The molecule has 0 spiro atoms. The quantitative estimate of drug-likeness (QED) is 0.816. The summed E-state index contributed by atoms with van der Waals surface area (Å²) in [5.41, 5.74) is 0. The minimum Gasteiger partial charge on any atom is -0.353 e. The molecule has 1 atom stereocenters. The topological polar surface area (TPSA) is 63.2 Å². The largest absolute Gasteiger partial charge is 0.353 e. The number of carbonyl (C=O) groups excluding carboxylic acids is 1. The minimum atomic E-state index is -3.04. The van der Waals surface area contributed by atoms with Gasteiger partial charge in [0.25, 0.3) is 0 Å². The lowest BCUT2D eigenvalue weighted by atomic mass is 9.84. The van der Waals surface area contributed by atoms with Crippen LogP contribution in [0.2, 0.25) is 0 Å². The first-order valence-corrected chi connectivity index (χ1v) is 8.41. The van der Waals surface area contributed by atoms with Gasteiger partial charge in [0.05, 0.1) is 5.75 Å². The van der Waals surface area contributed by atoms with Gasteiger partial charge in [0.1, 0.15) is 9.84 Å². The fraction of sp³-hybridized carbons (Fsp3) is 0.917. The standard InChI is InChI=1S/C12H23NO3S/c1-10(11-6-4-3-5-7-11)13-12(14)8-9-17(2,15)16/h10-11H,3-9H2,1-2H3,(H,13,14)/t10-/m0/s1. The van der Waals surface area contributed by atoms with E-state index >= 15 is 0 Å². The summed E-state index contributed by atoms with van der Waals surface area (Å²) in [5.74, 6) is 0.357. The van der Waals surface area contributed by atoms with E-state index < -0.39 is 9.84 Å². The van der Waals surface area contributed by atoms with Crippen LogP contribution in [0.25, 0.3) is 0 Å². The fourth-order valence-corrected chi connectivity index (χ4v) is 2.91. The van der Waals surface area contributed by atoms with Crippen molar-refractivity contribution in [1.82, 2.24) is 5.32 Å². The molecule has 17 heavy (non-hydrogen) atoms. The van der Waals surface area contributed by atoms with Crippen molar-refractivity contribution in [3.63, 3.8) is 0 Å². The van der Waals surface area contributed by atoms with Crippen molar-refractivity contribution in [3.05, 3.63) is 0 Å². The van der Waals surface area contributed by atoms with Crippen molar-refractivity contribution in [2.75, 3.05) is 12.0 Å². The molecular formula is C12H23NO3S. The fourth-order valence-electron chi connectivity index (χ4n) is 2.36. The van der Waals surface area contributed by atoms with E-state index in [0.29, 0.717) is 5.92 Å². The first-order valence-electron chi connectivity index (χ1n) is 6.35. The predicted molar refractivity (Wildman–Crippen MR) is 68.5 cm³/mol. The highest BCUT2D eigenvalue weighted by Crippen LogP contribution is 2.26. The Kier molecular flexibility index (Phi) is 5.43. The molecule has 0 aromatic rings. The second-order valence-corrected chi connectivity index (χ2v) is 7.39. The van der Waals surface area contributed by atoms with Crippen molar-refractivity contribution in [3.8, 4) is 0 Å². The van der Waals surface area contributed by atoms with E-state index in [1.807, 2.05) is 6.92 Å². The third-order valence-corrected chi connectivity index (χ3v) is 4.39. The average Bonchev–Trinajstić information content (AvgIpc) is 2.27. The van der Waals surface area contributed by atoms with Crippen LogP contribution in [-0.2, 0) is 14.6 Å². The van der Waals surface area contributed by atoms with Crippen LogP contribution >= 0.6 is 0 Å². The van der Waals surface area contributed by atoms with Gasteiger partial charge >= 0.3 is 0 Å². The van der Waals surface area contributed by atoms with E-state index in [2.05, 4.69) is 5.32 Å². The molecule has 0 saturated heterocycles. The molecule has 5 heteroatoms. The normalized spacial score (nSPS) is 19.9. The van der Waals surface area contributed by atoms with Gasteiger partial charge in [0.2, 0.25) is 5.91 Å². The van der Waals surface area contributed by atoms with Gasteiger partial charge in [-0.3, -0.25) is 4.79 Å². The number of rotatable bonds is 5. The Morgan fingerprint density at radius 2 is 1.88 bits per heavy atom. The van der Waals surface area contributed by atoms with Crippen LogP contribution in [0, 0.1) is 5.92 Å². The summed E-state index contributed by atoms with van der Waals surface area (Å²) in [6, 6.07) is 0.169. The molecule has 0 aromatic heterocycles. The Bertz CT molecular complexity index is 345. The highest BCUT2D eigenvalue weighted by atomic mass is 32.2. The number of carbonyl (C=O) groups is 1. The van der Waals surface area contributed by atoms with Crippen LogP contribution in [0.15, 0.2) is 0 Å². The predicted octanol–water partition coefficient (Wildman–Crippen LogP) is 1.51. The molecule has 100 valence electrons. The Morgan fingerprint density at radius 1 is 1.29 bits per heavy atom. The summed E-state index contributed by atoms with van der Waals surface area (Å²) in [6.07, 6.45) is 7.37. The second kappa shape index (κ2) is 6.38. The van der Waals surface area contributed by atoms with Gasteiger partial charge in [0.15, 0.2) is 0 Å². The maximum atomic E-state index is 11.6. The zero-order valence-corrected chi connectivity index (χ0v) is 11.6. The van der Waals surface area contributed by atoms with E-state index in [1.54, 1.807) is 0 Å². The van der Waals surface area contributed by atoms with Gasteiger partial charge in [-0.1, -0.05) is 19.3 Å². The van der Waals surface area contributed by atoms with Crippen LogP contribution in [-0.4, -0.2) is 32.4 Å². The molecule has 0 radical (unpaired) electrons. The summed E-state index contributed by atoms with van der Waals surface area (Å²) in [4.78, 5) is 11.6. The lowest BCUT2D eigenvalue weighted by Crippen LogP contribution is -2.39. The summed E-state index contributed by atoms with van der Waals surface area (Å²) in [7, 11) is -3.04. The third-order valence-electron chi connectivity index (χ3n) is 3.45. The second-order valence-electron chi connectivity index (χ2n) is 5.13. The highest BCUT2D eigenvalue weighted by molar-refractivity contribution is 7.90. The van der Waals surface area contributed by atoms with Gasteiger partial charge in [0, 0.05) is 18.7 Å². The molecule has 0 bridgehead atoms. The summed E-state index contributed by atoms with van der Waals surface area (Å²) in [5, 5.41) is 2.92. The molecule has 1 saturated carbocycles. The van der Waals surface area contributed by atoms with Gasteiger partial charge in [-0.05, 0) is 25.7 Å². The lowest BCUT2D eigenvalue weighted by molar-refractivity contribution is -0.121. The molecule has 1 N–H and O–H groups in total. The Balaban J connectivity index is 2.29. The Hall–Kier alpha value is -0.580. The molecule has 0 heterocycles. The maximum Gasteiger partial charge on any atom is 0.221 e. The molecule has 0 aliphatic heterocycles. The zero-order valence-electron chi connectivity index (χ0n) is 10.7. The summed E-state index contributed by atoms with van der Waals surface area (Å²) >= 11 is 0. The van der Waals surface area contributed by atoms with Crippen molar-refractivity contribution in [2.24, 2.45) is 5.92 Å². The molecule has 0 aromatic carbocycles. The maximum absolute atomic E-state index is 11.6. The zero-order chi connectivity index (χ0) is 12.9. The van der Waals surface area contributed by atoms with Gasteiger partial charge in [-0.2, -0.15) is 0 Å². The molecule has 1 amide bonds. The molecule has 1 aliphatic rings. The average molecular weight is 261 g/mol. The van der Waals surface area contributed by atoms with Gasteiger partial charge < -0.3 is 5.32 Å². The van der Waals surface area contributed by atoms with Crippen molar-refractivity contribution in [1.29, 1.82) is 0 Å². The van der Waals surface area contributed by atoms with Crippen LogP contribution in [0.5, 0.6) is 0 Å². The summed E-state index contributed by atoms with van der Waals surface area (Å²) < 4.78 is 21.9. The number of hydrogen-bond donors (Lipinski definition) is 1. The van der Waals surface area contributed by atoms with Crippen LogP contribution in [0.4, 0.5) is 0 Å². The molecule has 1 fully saturated rings. The van der Waals surface area contributed by atoms with Crippen LogP contribution in [0.1, 0.15) is 45.4 Å². The van der Waals surface area contributed by atoms with Crippen molar-refractivity contribution in [2.45, 2.75) is 51.5 Å². The number of hydrogen-bond acceptors (Lipinski definition) is 3. The number of sulfone groups is 1. The number of amides is 1. The van der Waals surface area contributed by atoms with Gasteiger partial charge in [-0.25, -0.2) is 8.42 Å². The van der Waals surface area contributed by atoms with Crippen molar-refractivity contribution < 1.29 is 13.2 Å². The third kappa shape index (κ3) is 6.05. The minimum absolute atomic E-state index is 0.0593. The Labute approximate surface area is 104 Å². The van der Waals surface area contributed by atoms with E-state index in [9.17, 15) is 13.2 Å². The molecule has 4 nitrogen and oxygen atoms in total. The smallest absolute Gasteiger partial charge is 0.221 e.